The first-order valence-corrected chi connectivity index (χ1v) is 8.71. The van der Waals surface area contributed by atoms with Crippen LogP contribution >= 0.6 is 34.8 Å². The third kappa shape index (κ3) is 3.37. The van der Waals surface area contributed by atoms with Crippen LogP contribution in [0.3, 0.4) is 0 Å². The van der Waals surface area contributed by atoms with E-state index in [1.807, 2.05) is 0 Å². The summed E-state index contributed by atoms with van der Waals surface area (Å²) >= 11 is 17.6. The van der Waals surface area contributed by atoms with Gasteiger partial charge in [0, 0.05) is 11.4 Å². The first-order chi connectivity index (χ1) is 8.88. The molecule has 0 radical (unpaired) electrons. The summed E-state index contributed by atoms with van der Waals surface area (Å²) in [6.07, 6.45) is 3.49. The minimum absolute atomic E-state index is 0.110. The monoisotopic (exact) mass is 341 g/mol. The third-order valence-corrected chi connectivity index (χ3v) is 6.20. The van der Waals surface area contributed by atoms with Crippen molar-refractivity contribution in [3.05, 3.63) is 28.2 Å². The maximum atomic E-state index is 12.3. The summed E-state index contributed by atoms with van der Waals surface area (Å²) in [4.78, 5) is 0.110. The second-order valence-corrected chi connectivity index (χ2v) is 7.57. The molecule has 7 heteroatoms. The fourth-order valence-electron chi connectivity index (χ4n) is 2.30. The number of rotatable bonds is 4. The van der Waals surface area contributed by atoms with E-state index in [4.69, 9.17) is 34.8 Å². The normalized spacial score (nSPS) is 18.7. The van der Waals surface area contributed by atoms with Gasteiger partial charge in [0.15, 0.2) is 0 Å². The molecule has 2 rings (SSSR count). The van der Waals surface area contributed by atoms with Crippen LogP contribution in [0.1, 0.15) is 25.7 Å². The van der Waals surface area contributed by atoms with Crippen molar-refractivity contribution < 1.29 is 8.42 Å². The van der Waals surface area contributed by atoms with Gasteiger partial charge < -0.3 is 0 Å². The van der Waals surface area contributed by atoms with E-state index >= 15 is 0 Å². The van der Waals surface area contributed by atoms with Crippen LogP contribution in [-0.4, -0.2) is 19.8 Å². The molecule has 0 bridgehead atoms. The van der Waals surface area contributed by atoms with Gasteiger partial charge in [-0.15, -0.1) is 11.6 Å². The zero-order valence-electron chi connectivity index (χ0n) is 10.1. The van der Waals surface area contributed by atoms with E-state index in [9.17, 15) is 8.42 Å². The van der Waals surface area contributed by atoms with Gasteiger partial charge in [-0.1, -0.05) is 36.0 Å². The summed E-state index contributed by atoms with van der Waals surface area (Å²) in [6.45, 7) is 0. The average molecular weight is 343 g/mol. The minimum Gasteiger partial charge on any atom is -0.207 e. The Morgan fingerprint density at radius 3 is 2.32 bits per heavy atom. The van der Waals surface area contributed by atoms with Gasteiger partial charge >= 0.3 is 0 Å². The summed E-state index contributed by atoms with van der Waals surface area (Å²) in [6, 6.07) is 4.26. The van der Waals surface area contributed by atoms with E-state index in [1.165, 1.54) is 18.2 Å². The number of hydrogen-bond donors (Lipinski definition) is 1. The predicted octanol–water partition coefficient (Wildman–Crippen LogP) is 3.82. The highest BCUT2D eigenvalue weighted by Gasteiger charge is 2.37. The highest BCUT2D eigenvalue weighted by atomic mass is 35.5. The number of sulfonamides is 1. The Bertz CT molecular complexity index is 568. The SMILES string of the molecule is O=S(=O)(NC1(CCl)CCCC1)c1ccc(Cl)c(Cl)c1. The summed E-state index contributed by atoms with van der Waals surface area (Å²) in [5.74, 6) is 0.271. The van der Waals surface area contributed by atoms with Crippen molar-refractivity contribution in [1.29, 1.82) is 0 Å². The van der Waals surface area contributed by atoms with E-state index in [-0.39, 0.29) is 15.8 Å². The summed E-state index contributed by atoms with van der Waals surface area (Å²) < 4.78 is 27.4. The van der Waals surface area contributed by atoms with Crippen LogP contribution in [0.25, 0.3) is 0 Å². The first kappa shape index (κ1) is 15.4. The zero-order valence-corrected chi connectivity index (χ0v) is 13.2. The second kappa shape index (κ2) is 5.78. The first-order valence-electron chi connectivity index (χ1n) is 5.94. The quantitative estimate of drug-likeness (QED) is 0.845. The molecule has 19 heavy (non-hydrogen) atoms. The Balaban J connectivity index is 2.29. The average Bonchev–Trinajstić information content (AvgIpc) is 2.81. The fourth-order valence-corrected chi connectivity index (χ4v) is 4.56. The number of alkyl halides is 1. The third-order valence-electron chi connectivity index (χ3n) is 3.37. The Hall–Kier alpha value is -0.000000000000000111. The lowest BCUT2D eigenvalue weighted by Gasteiger charge is -2.27. The van der Waals surface area contributed by atoms with Gasteiger partial charge in [-0.2, -0.15) is 0 Å². The lowest BCUT2D eigenvalue weighted by Crippen LogP contribution is -2.47. The van der Waals surface area contributed by atoms with E-state index in [1.54, 1.807) is 0 Å². The molecule has 0 atom stereocenters. The molecular weight excluding hydrogens is 329 g/mol. The molecule has 0 spiro atoms. The van der Waals surface area contributed by atoms with Gasteiger partial charge in [0.1, 0.15) is 0 Å². The molecule has 0 aromatic heterocycles. The van der Waals surface area contributed by atoms with Gasteiger partial charge in [0.2, 0.25) is 10.0 Å². The van der Waals surface area contributed by atoms with Crippen LogP contribution in [0, 0.1) is 0 Å². The van der Waals surface area contributed by atoms with Crippen molar-refractivity contribution in [3.63, 3.8) is 0 Å². The van der Waals surface area contributed by atoms with Crippen LogP contribution in [-0.2, 0) is 10.0 Å². The van der Waals surface area contributed by atoms with Crippen molar-refractivity contribution in [1.82, 2.24) is 4.72 Å². The maximum absolute atomic E-state index is 12.3. The lowest BCUT2D eigenvalue weighted by atomic mass is 10.0. The molecule has 1 aliphatic carbocycles. The molecule has 1 fully saturated rings. The molecule has 0 amide bonds. The van der Waals surface area contributed by atoms with E-state index < -0.39 is 15.6 Å². The van der Waals surface area contributed by atoms with Crippen LogP contribution in [0.2, 0.25) is 10.0 Å². The summed E-state index contributed by atoms with van der Waals surface area (Å²) in [5, 5.41) is 0.546. The standard InChI is InChI=1S/C12H14Cl3NO2S/c13-8-12(5-1-2-6-12)16-19(17,18)9-3-4-10(14)11(15)7-9/h3-4,7,16H,1-2,5-6,8H2. The van der Waals surface area contributed by atoms with Gasteiger partial charge in [-0.3, -0.25) is 0 Å². The number of hydrogen-bond acceptors (Lipinski definition) is 2. The van der Waals surface area contributed by atoms with Crippen LogP contribution in [0.4, 0.5) is 0 Å². The molecule has 1 aromatic carbocycles. The van der Waals surface area contributed by atoms with Crippen LogP contribution < -0.4 is 4.72 Å². The topological polar surface area (TPSA) is 46.2 Å². The molecule has 0 saturated heterocycles. The van der Waals surface area contributed by atoms with E-state index in [0.717, 1.165) is 25.7 Å². The fraction of sp³-hybridized carbons (Fsp3) is 0.500. The maximum Gasteiger partial charge on any atom is 0.241 e. The van der Waals surface area contributed by atoms with Gasteiger partial charge in [-0.25, -0.2) is 13.1 Å². The molecule has 106 valence electrons. The van der Waals surface area contributed by atoms with E-state index in [0.29, 0.717) is 5.02 Å². The smallest absolute Gasteiger partial charge is 0.207 e. The lowest BCUT2D eigenvalue weighted by molar-refractivity contribution is 0.433. The molecule has 1 saturated carbocycles. The molecule has 0 aliphatic heterocycles. The zero-order chi connectivity index (χ0) is 14.1. The number of halogens is 3. The van der Waals surface area contributed by atoms with E-state index in [2.05, 4.69) is 4.72 Å². The largest absolute Gasteiger partial charge is 0.241 e. The highest BCUT2D eigenvalue weighted by molar-refractivity contribution is 7.89. The van der Waals surface area contributed by atoms with Gasteiger partial charge in [0.25, 0.3) is 0 Å². The Labute approximate surface area is 128 Å². The molecule has 0 heterocycles. The molecule has 1 N–H and O–H groups in total. The number of benzene rings is 1. The minimum atomic E-state index is -3.63. The Morgan fingerprint density at radius 2 is 1.79 bits per heavy atom. The summed E-state index contributed by atoms with van der Waals surface area (Å²) in [5.41, 5.74) is -0.535. The molecule has 0 unspecified atom stereocenters. The van der Waals surface area contributed by atoms with Crippen molar-refractivity contribution in [2.45, 2.75) is 36.1 Å². The number of nitrogens with one attached hydrogen (secondary N) is 1. The van der Waals surface area contributed by atoms with Crippen molar-refractivity contribution >= 4 is 44.8 Å². The Morgan fingerprint density at radius 1 is 1.16 bits per heavy atom. The van der Waals surface area contributed by atoms with Crippen molar-refractivity contribution in [2.24, 2.45) is 0 Å². The molecule has 1 aliphatic rings. The molecule has 3 nitrogen and oxygen atoms in total. The van der Waals surface area contributed by atoms with Crippen LogP contribution in [0.5, 0.6) is 0 Å². The summed E-state index contributed by atoms with van der Waals surface area (Å²) in [7, 11) is -3.63. The Kier molecular flexibility index (Phi) is 4.68. The van der Waals surface area contributed by atoms with Gasteiger partial charge in [-0.05, 0) is 31.0 Å². The van der Waals surface area contributed by atoms with Gasteiger partial charge in [0.05, 0.1) is 14.9 Å². The van der Waals surface area contributed by atoms with Crippen LogP contribution in [0.15, 0.2) is 23.1 Å². The molecular formula is C12H14Cl3NO2S. The molecule has 1 aromatic rings. The second-order valence-electron chi connectivity index (χ2n) is 4.80. The predicted molar refractivity (Wildman–Crippen MR) is 78.7 cm³/mol. The highest BCUT2D eigenvalue weighted by Crippen LogP contribution is 2.33. The van der Waals surface area contributed by atoms with Crippen molar-refractivity contribution in [3.8, 4) is 0 Å². The van der Waals surface area contributed by atoms with Crippen molar-refractivity contribution in [2.75, 3.05) is 5.88 Å².